The first-order valence-electron chi connectivity index (χ1n) is 11.7. The Bertz CT molecular complexity index is 1200. The number of carbonyl (C=O) groups excluding carboxylic acids is 1. The first-order chi connectivity index (χ1) is 17.1. The minimum Gasteiger partial charge on any atom is -0.378 e. The molecule has 2 amide bonds. The van der Waals surface area contributed by atoms with Crippen LogP contribution >= 0.6 is 11.6 Å². The van der Waals surface area contributed by atoms with Crippen molar-refractivity contribution in [3.8, 4) is 11.4 Å². The second-order valence-electron chi connectivity index (χ2n) is 8.30. The number of rotatable bonds is 5. The van der Waals surface area contributed by atoms with Gasteiger partial charge in [-0.2, -0.15) is 0 Å². The standard InChI is InChI=1S/C24H27ClN8O2/c1-2-26-24(34)29-17-5-3-16(4-6-17)21-30-19-15-33(23-20(25)27-8-9-28-23)10-7-18(19)22(31-21)32-11-13-35-14-12-32/h3-6,8-9H,2,7,10-15H2,1H3,(H2,26,29,34). The van der Waals surface area contributed by atoms with Crippen molar-refractivity contribution in [2.45, 2.75) is 19.9 Å². The summed E-state index contributed by atoms with van der Waals surface area (Å²) in [4.78, 5) is 34.8. The van der Waals surface area contributed by atoms with E-state index in [0.29, 0.717) is 48.8 Å². The number of amides is 2. The highest BCUT2D eigenvalue weighted by Crippen LogP contribution is 2.33. The third-order valence-corrected chi connectivity index (χ3v) is 6.29. The maximum atomic E-state index is 11.8. The van der Waals surface area contributed by atoms with E-state index >= 15 is 0 Å². The van der Waals surface area contributed by atoms with E-state index < -0.39 is 0 Å². The van der Waals surface area contributed by atoms with E-state index in [0.717, 1.165) is 48.7 Å². The van der Waals surface area contributed by atoms with E-state index in [1.807, 2.05) is 31.2 Å². The number of morpholine rings is 1. The fourth-order valence-corrected chi connectivity index (χ4v) is 4.55. The van der Waals surface area contributed by atoms with Crippen molar-refractivity contribution in [3.05, 3.63) is 53.1 Å². The highest BCUT2D eigenvalue weighted by Gasteiger charge is 2.28. The lowest BCUT2D eigenvalue weighted by Gasteiger charge is -2.34. The summed E-state index contributed by atoms with van der Waals surface area (Å²) in [5, 5.41) is 5.93. The van der Waals surface area contributed by atoms with Gasteiger partial charge >= 0.3 is 6.03 Å². The summed E-state index contributed by atoms with van der Waals surface area (Å²) in [7, 11) is 0. The predicted octanol–water partition coefficient (Wildman–Crippen LogP) is 3.13. The van der Waals surface area contributed by atoms with Crippen molar-refractivity contribution >= 4 is 35.0 Å². The van der Waals surface area contributed by atoms with Gasteiger partial charge in [-0.3, -0.25) is 0 Å². The average Bonchev–Trinajstić information content (AvgIpc) is 2.89. The Kier molecular flexibility index (Phi) is 6.91. The van der Waals surface area contributed by atoms with Crippen LogP contribution in [-0.2, 0) is 17.7 Å². The van der Waals surface area contributed by atoms with Crippen LogP contribution < -0.4 is 20.4 Å². The summed E-state index contributed by atoms with van der Waals surface area (Å²) in [6.45, 7) is 6.69. The SMILES string of the molecule is CCNC(=O)Nc1ccc(-c2nc3c(c(N4CCOCC4)n2)CCN(c2nccnc2Cl)C3)cc1. The first-order valence-corrected chi connectivity index (χ1v) is 12.1. The van der Waals surface area contributed by atoms with E-state index in [1.54, 1.807) is 12.4 Å². The molecule has 0 aliphatic carbocycles. The molecule has 1 fully saturated rings. The van der Waals surface area contributed by atoms with Crippen LogP contribution in [0.1, 0.15) is 18.2 Å². The van der Waals surface area contributed by atoms with Gasteiger partial charge < -0.3 is 25.2 Å². The second kappa shape index (κ2) is 10.4. The molecule has 2 aliphatic heterocycles. The van der Waals surface area contributed by atoms with Gasteiger partial charge in [0.25, 0.3) is 0 Å². The van der Waals surface area contributed by atoms with Gasteiger partial charge in [-0.25, -0.2) is 24.7 Å². The minimum atomic E-state index is -0.234. The van der Waals surface area contributed by atoms with Crippen molar-refractivity contribution in [1.82, 2.24) is 25.3 Å². The van der Waals surface area contributed by atoms with Gasteiger partial charge in [0.1, 0.15) is 5.82 Å². The zero-order valence-electron chi connectivity index (χ0n) is 19.5. The number of aromatic nitrogens is 4. The maximum absolute atomic E-state index is 11.8. The molecule has 0 atom stereocenters. The molecule has 10 nitrogen and oxygen atoms in total. The number of nitrogens with zero attached hydrogens (tertiary/aromatic N) is 6. The number of halogens is 1. The highest BCUT2D eigenvalue weighted by molar-refractivity contribution is 6.31. The van der Waals surface area contributed by atoms with Gasteiger partial charge in [-0.15, -0.1) is 0 Å². The van der Waals surface area contributed by atoms with Crippen LogP contribution in [0, 0.1) is 0 Å². The summed E-state index contributed by atoms with van der Waals surface area (Å²) < 4.78 is 5.57. The van der Waals surface area contributed by atoms with Crippen LogP contribution in [-0.4, -0.2) is 65.4 Å². The topological polar surface area (TPSA) is 108 Å². The Hall–Kier alpha value is -3.50. The van der Waals surface area contributed by atoms with Gasteiger partial charge in [0.15, 0.2) is 16.8 Å². The van der Waals surface area contributed by atoms with E-state index in [2.05, 4.69) is 30.4 Å². The van der Waals surface area contributed by atoms with Crippen LogP contribution in [0.2, 0.25) is 5.15 Å². The number of ether oxygens (including phenoxy) is 1. The molecule has 35 heavy (non-hydrogen) atoms. The van der Waals surface area contributed by atoms with Crippen LogP contribution in [0.5, 0.6) is 0 Å². The zero-order valence-corrected chi connectivity index (χ0v) is 20.3. The molecule has 5 rings (SSSR count). The largest absolute Gasteiger partial charge is 0.378 e. The van der Waals surface area contributed by atoms with E-state index in [9.17, 15) is 4.79 Å². The molecule has 0 bridgehead atoms. The summed E-state index contributed by atoms with van der Waals surface area (Å²) in [5.41, 5.74) is 3.68. The number of anilines is 3. The van der Waals surface area contributed by atoms with Crippen LogP contribution in [0.4, 0.5) is 22.1 Å². The summed E-state index contributed by atoms with van der Waals surface area (Å²) >= 11 is 6.33. The Morgan fingerprint density at radius 3 is 2.54 bits per heavy atom. The third kappa shape index (κ3) is 5.13. The van der Waals surface area contributed by atoms with Gasteiger partial charge in [-0.1, -0.05) is 11.6 Å². The first kappa shape index (κ1) is 23.3. The molecule has 0 radical (unpaired) electrons. The average molecular weight is 495 g/mol. The smallest absolute Gasteiger partial charge is 0.319 e. The molecule has 0 saturated carbocycles. The zero-order chi connectivity index (χ0) is 24.2. The normalized spacial score (nSPS) is 15.5. The molecule has 1 aromatic carbocycles. The molecule has 1 saturated heterocycles. The van der Waals surface area contributed by atoms with Gasteiger partial charge in [0.2, 0.25) is 0 Å². The molecule has 2 N–H and O–H groups in total. The van der Waals surface area contributed by atoms with E-state index in [4.69, 9.17) is 26.3 Å². The van der Waals surface area contributed by atoms with Gasteiger partial charge in [0, 0.05) is 55.4 Å². The lowest BCUT2D eigenvalue weighted by atomic mass is 10.0. The molecule has 0 spiro atoms. The van der Waals surface area contributed by atoms with Crippen molar-refractivity contribution in [2.24, 2.45) is 0 Å². The monoisotopic (exact) mass is 494 g/mol. The molecule has 4 heterocycles. The molecule has 11 heteroatoms. The van der Waals surface area contributed by atoms with Gasteiger partial charge in [0.05, 0.1) is 25.5 Å². The lowest BCUT2D eigenvalue weighted by Crippen LogP contribution is -2.39. The molecule has 2 aliphatic rings. The molecule has 2 aromatic heterocycles. The van der Waals surface area contributed by atoms with Crippen molar-refractivity contribution < 1.29 is 9.53 Å². The number of urea groups is 1. The van der Waals surface area contributed by atoms with Crippen molar-refractivity contribution in [3.63, 3.8) is 0 Å². The predicted molar refractivity (Wildman–Crippen MR) is 135 cm³/mol. The quantitative estimate of drug-likeness (QED) is 0.557. The molecule has 0 unspecified atom stereocenters. The maximum Gasteiger partial charge on any atom is 0.319 e. The van der Waals surface area contributed by atoms with E-state index in [-0.39, 0.29) is 6.03 Å². The van der Waals surface area contributed by atoms with E-state index in [1.165, 1.54) is 0 Å². The third-order valence-electron chi connectivity index (χ3n) is 6.03. The van der Waals surface area contributed by atoms with Crippen LogP contribution in [0.15, 0.2) is 36.7 Å². The molecular formula is C24H27ClN8O2. The number of hydrogen-bond donors (Lipinski definition) is 2. The summed E-state index contributed by atoms with van der Waals surface area (Å²) in [5.74, 6) is 2.26. The fraction of sp³-hybridized carbons (Fsp3) is 0.375. The number of fused-ring (bicyclic) bond motifs is 1. The number of benzene rings is 1. The van der Waals surface area contributed by atoms with Gasteiger partial charge in [-0.05, 0) is 37.6 Å². The molecule has 3 aromatic rings. The second-order valence-corrected chi connectivity index (χ2v) is 8.66. The number of hydrogen-bond acceptors (Lipinski definition) is 8. The molecule has 182 valence electrons. The Labute approximate surface area is 208 Å². The van der Waals surface area contributed by atoms with Crippen molar-refractivity contribution in [2.75, 3.05) is 54.5 Å². The highest BCUT2D eigenvalue weighted by atomic mass is 35.5. The Balaban J connectivity index is 1.48. The number of carbonyl (C=O) groups is 1. The Morgan fingerprint density at radius 1 is 1.03 bits per heavy atom. The van der Waals surface area contributed by atoms with Crippen molar-refractivity contribution in [1.29, 1.82) is 0 Å². The van der Waals surface area contributed by atoms with Crippen LogP contribution in [0.25, 0.3) is 11.4 Å². The number of nitrogens with one attached hydrogen (secondary N) is 2. The summed E-state index contributed by atoms with van der Waals surface area (Å²) in [6.07, 6.45) is 4.02. The Morgan fingerprint density at radius 2 is 1.80 bits per heavy atom. The lowest BCUT2D eigenvalue weighted by molar-refractivity contribution is 0.122. The van der Waals surface area contributed by atoms with Crippen LogP contribution in [0.3, 0.4) is 0 Å². The fourth-order valence-electron chi connectivity index (χ4n) is 4.32. The summed E-state index contributed by atoms with van der Waals surface area (Å²) in [6, 6.07) is 7.32. The molecular weight excluding hydrogens is 468 g/mol. The minimum absolute atomic E-state index is 0.234.